The highest BCUT2D eigenvalue weighted by molar-refractivity contribution is 5.42. The van der Waals surface area contributed by atoms with Crippen molar-refractivity contribution in [3.05, 3.63) is 29.6 Å². The third-order valence-electron chi connectivity index (χ3n) is 4.96. The lowest BCUT2D eigenvalue weighted by Crippen LogP contribution is -2.25. The van der Waals surface area contributed by atoms with Gasteiger partial charge >= 0.3 is 0 Å². The van der Waals surface area contributed by atoms with E-state index >= 15 is 0 Å². The van der Waals surface area contributed by atoms with Crippen LogP contribution in [0.15, 0.2) is 18.2 Å². The fourth-order valence-corrected chi connectivity index (χ4v) is 3.57. The highest BCUT2D eigenvalue weighted by atomic mass is 16.5. The maximum atomic E-state index is 5.58. The lowest BCUT2D eigenvalue weighted by molar-refractivity contribution is 0.232. The van der Waals surface area contributed by atoms with E-state index < -0.39 is 0 Å². The van der Waals surface area contributed by atoms with Crippen molar-refractivity contribution < 1.29 is 9.47 Å². The Labute approximate surface area is 141 Å². The van der Waals surface area contributed by atoms with Crippen LogP contribution in [-0.2, 0) is 6.54 Å². The first-order valence-corrected chi connectivity index (χ1v) is 8.53. The van der Waals surface area contributed by atoms with Gasteiger partial charge in [0, 0.05) is 11.6 Å². The minimum absolute atomic E-state index is 0.305. The number of hydrogen-bond acceptors (Lipinski definition) is 6. The van der Waals surface area contributed by atoms with Gasteiger partial charge in [0.25, 0.3) is 0 Å². The van der Waals surface area contributed by atoms with E-state index in [1.807, 2.05) is 16.8 Å². The van der Waals surface area contributed by atoms with Crippen molar-refractivity contribution in [3.8, 4) is 11.5 Å². The van der Waals surface area contributed by atoms with Crippen molar-refractivity contribution in [3.63, 3.8) is 0 Å². The fourth-order valence-electron chi connectivity index (χ4n) is 3.57. The highest BCUT2D eigenvalue weighted by Crippen LogP contribution is 2.40. The number of aromatic nitrogens is 4. The first-order chi connectivity index (χ1) is 11.8. The van der Waals surface area contributed by atoms with Gasteiger partial charge in [0.15, 0.2) is 5.82 Å². The number of methoxy groups -OCH3 is 2. The van der Waals surface area contributed by atoms with Crippen LogP contribution in [0.5, 0.6) is 11.5 Å². The van der Waals surface area contributed by atoms with Crippen molar-refractivity contribution in [2.24, 2.45) is 0 Å². The monoisotopic (exact) mass is 329 g/mol. The molecule has 1 atom stereocenters. The lowest BCUT2D eigenvalue weighted by Gasteiger charge is -2.26. The number of likely N-dealkylation sites (tertiary alicyclic amines) is 1. The van der Waals surface area contributed by atoms with Gasteiger partial charge < -0.3 is 9.47 Å². The van der Waals surface area contributed by atoms with Gasteiger partial charge in [-0.1, -0.05) is 0 Å². The van der Waals surface area contributed by atoms with E-state index in [4.69, 9.17) is 9.47 Å². The highest BCUT2D eigenvalue weighted by Gasteiger charge is 2.32. The molecule has 0 spiro atoms. The van der Waals surface area contributed by atoms with Crippen LogP contribution in [0.2, 0.25) is 0 Å². The standard InChI is InChI=1S/C17H23N5O2/c1-23-13-7-8-16(24-2)14(10-13)15-4-3-9-21(15)11-17-18-19-20-22(17)12-5-6-12/h7-8,10,12,15H,3-6,9,11H2,1-2H3/t15-/m1/s1. The number of nitrogens with zero attached hydrogens (tertiary/aromatic N) is 5. The molecule has 0 unspecified atom stereocenters. The molecule has 1 saturated carbocycles. The van der Waals surface area contributed by atoms with Gasteiger partial charge in [-0.3, -0.25) is 4.90 Å². The van der Waals surface area contributed by atoms with Crippen LogP contribution in [-0.4, -0.2) is 45.9 Å². The maximum absolute atomic E-state index is 5.58. The van der Waals surface area contributed by atoms with Crippen molar-refractivity contribution >= 4 is 0 Å². The summed E-state index contributed by atoms with van der Waals surface area (Å²) in [5.41, 5.74) is 1.18. The van der Waals surface area contributed by atoms with Crippen LogP contribution in [0.25, 0.3) is 0 Å². The molecule has 7 nitrogen and oxygen atoms in total. The summed E-state index contributed by atoms with van der Waals surface area (Å²) in [6.45, 7) is 1.82. The SMILES string of the molecule is COc1ccc(OC)c([C@H]2CCCN2Cc2nnnn2C2CC2)c1. The summed E-state index contributed by atoms with van der Waals surface area (Å²) in [5, 5.41) is 12.3. The van der Waals surface area contributed by atoms with Crippen molar-refractivity contribution in [1.29, 1.82) is 0 Å². The molecule has 2 aromatic rings. The van der Waals surface area contributed by atoms with Gasteiger partial charge in [-0.25, -0.2) is 4.68 Å². The Kier molecular flexibility index (Phi) is 4.10. The van der Waals surface area contributed by atoms with Crippen LogP contribution < -0.4 is 9.47 Å². The summed E-state index contributed by atoms with van der Waals surface area (Å²) >= 11 is 0. The second-order valence-corrected chi connectivity index (χ2v) is 6.51. The Morgan fingerprint density at radius 3 is 2.79 bits per heavy atom. The van der Waals surface area contributed by atoms with Crippen molar-refractivity contribution in [2.45, 2.75) is 44.3 Å². The zero-order chi connectivity index (χ0) is 16.5. The second kappa shape index (κ2) is 6.39. The van der Waals surface area contributed by atoms with Gasteiger partial charge in [-0.2, -0.15) is 0 Å². The number of ether oxygens (including phenoxy) is 2. The van der Waals surface area contributed by atoms with Crippen LogP contribution in [0.4, 0.5) is 0 Å². The topological polar surface area (TPSA) is 65.3 Å². The number of hydrogen-bond donors (Lipinski definition) is 0. The Balaban J connectivity index is 1.59. The van der Waals surface area contributed by atoms with Gasteiger partial charge in [0.2, 0.25) is 0 Å². The minimum atomic E-state index is 0.305. The molecule has 1 aliphatic heterocycles. The predicted octanol–water partition coefficient (Wildman–Crippen LogP) is 2.36. The average molecular weight is 329 g/mol. The molecule has 1 aromatic heterocycles. The largest absolute Gasteiger partial charge is 0.497 e. The molecule has 2 aliphatic rings. The summed E-state index contributed by atoms with van der Waals surface area (Å²) in [7, 11) is 3.42. The molecule has 0 amide bonds. The maximum Gasteiger partial charge on any atom is 0.165 e. The molecule has 1 saturated heterocycles. The van der Waals surface area contributed by atoms with E-state index in [0.29, 0.717) is 12.1 Å². The zero-order valence-electron chi connectivity index (χ0n) is 14.2. The molecule has 2 fully saturated rings. The average Bonchev–Trinajstić information content (AvgIpc) is 3.18. The Morgan fingerprint density at radius 2 is 2.04 bits per heavy atom. The summed E-state index contributed by atoms with van der Waals surface area (Å²) in [6, 6.07) is 6.82. The van der Waals surface area contributed by atoms with E-state index in [0.717, 1.165) is 43.3 Å². The van der Waals surface area contributed by atoms with Gasteiger partial charge in [-0.05, 0) is 60.9 Å². The smallest absolute Gasteiger partial charge is 0.165 e. The van der Waals surface area contributed by atoms with Crippen LogP contribution in [0.3, 0.4) is 0 Å². The summed E-state index contributed by atoms with van der Waals surface area (Å²) < 4.78 is 13.0. The van der Waals surface area contributed by atoms with Crippen LogP contribution in [0, 0.1) is 0 Å². The van der Waals surface area contributed by atoms with Crippen molar-refractivity contribution in [1.82, 2.24) is 25.1 Å². The van der Waals surface area contributed by atoms with E-state index in [9.17, 15) is 0 Å². The number of tetrazole rings is 1. The summed E-state index contributed by atoms with van der Waals surface area (Å²) in [4.78, 5) is 2.45. The molecule has 7 heteroatoms. The summed E-state index contributed by atoms with van der Waals surface area (Å²) in [6.07, 6.45) is 4.64. The molecule has 0 bridgehead atoms. The Bertz CT molecular complexity index is 713. The summed E-state index contributed by atoms with van der Waals surface area (Å²) in [5.74, 6) is 2.74. The van der Waals surface area contributed by atoms with Gasteiger partial charge in [-0.15, -0.1) is 5.10 Å². The molecule has 4 rings (SSSR count). The molecule has 1 aliphatic carbocycles. The molecule has 2 heterocycles. The molecule has 0 radical (unpaired) electrons. The number of benzene rings is 1. The zero-order valence-corrected chi connectivity index (χ0v) is 14.2. The normalized spacial score (nSPS) is 21.2. The molecule has 24 heavy (non-hydrogen) atoms. The molecular weight excluding hydrogens is 306 g/mol. The van der Waals surface area contributed by atoms with E-state index in [1.165, 1.54) is 18.4 Å². The van der Waals surface area contributed by atoms with Gasteiger partial charge in [0.05, 0.1) is 26.8 Å². The quantitative estimate of drug-likeness (QED) is 0.810. The van der Waals surface area contributed by atoms with E-state index in [1.54, 1.807) is 14.2 Å². The van der Waals surface area contributed by atoms with Crippen molar-refractivity contribution in [2.75, 3.05) is 20.8 Å². The van der Waals surface area contributed by atoms with Gasteiger partial charge in [0.1, 0.15) is 11.5 Å². The first kappa shape index (κ1) is 15.4. The van der Waals surface area contributed by atoms with E-state index in [2.05, 4.69) is 26.5 Å². The third kappa shape index (κ3) is 2.84. The third-order valence-corrected chi connectivity index (χ3v) is 4.96. The minimum Gasteiger partial charge on any atom is -0.497 e. The lowest BCUT2D eigenvalue weighted by atomic mass is 10.0. The van der Waals surface area contributed by atoms with Crippen LogP contribution >= 0.6 is 0 Å². The fraction of sp³-hybridized carbons (Fsp3) is 0.588. The molecule has 128 valence electrons. The van der Waals surface area contributed by atoms with E-state index in [-0.39, 0.29) is 0 Å². The molecular formula is C17H23N5O2. The Hall–Kier alpha value is -2.15. The second-order valence-electron chi connectivity index (χ2n) is 6.51. The number of rotatable bonds is 6. The Morgan fingerprint density at radius 1 is 1.17 bits per heavy atom. The first-order valence-electron chi connectivity index (χ1n) is 8.53. The van der Waals surface area contributed by atoms with Crippen LogP contribution in [0.1, 0.15) is 49.2 Å². The molecule has 1 aromatic carbocycles. The predicted molar refractivity (Wildman–Crippen MR) is 88.0 cm³/mol. The molecule has 0 N–H and O–H groups in total.